The standard InChI is InChI=1S/C27H17Cl2N3O4S/c28-16-3-1-15(2-4-16)23-11-7-19(35-23)8-12-25(34)32-27(37)30-18-6-9-20(22(33)14-18)26-31-21-13-17(29)5-10-24(21)36-26/h1-14,33H,(H2,30,32,34,37). The van der Waals surface area contributed by atoms with Gasteiger partial charge in [-0.25, -0.2) is 4.98 Å². The fourth-order valence-electron chi connectivity index (χ4n) is 3.49. The monoisotopic (exact) mass is 549 g/mol. The molecule has 0 saturated carbocycles. The fraction of sp³-hybridized carbons (Fsp3) is 0. The molecule has 0 fully saturated rings. The van der Waals surface area contributed by atoms with Crippen molar-refractivity contribution < 1.29 is 18.7 Å². The van der Waals surface area contributed by atoms with Gasteiger partial charge in [-0.1, -0.05) is 23.2 Å². The number of nitrogens with one attached hydrogen (secondary N) is 2. The molecule has 5 aromatic rings. The van der Waals surface area contributed by atoms with E-state index in [1.54, 1.807) is 54.6 Å². The lowest BCUT2D eigenvalue weighted by Crippen LogP contribution is -2.32. The maximum absolute atomic E-state index is 12.3. The van der Waals surface area contributed by atoms with E-state index in [1.807, 2.05) is 12.1 Å². The lowest BCUT2D eigenvalue weighted by Gasteiger charge is -2.09. The SMILES string of the molecule is O=C(C=Cc1ccc(-c2ccc(Cl)cc2)o1)NC(=S)Nc1ccc(-c2nc3cc(Cl)ccc3o2)c(O)c1. The van der Waals surface area contributed by atoms with Gasteiger partial charge in [0.25, 0.3) is 0 Å². The van der Waals surface area contributed by atoms with Crippen molar-refractivity contribution in [2.24, 2.45) is 0 Å². The maximum Gasteiger partial charge on any atom is 0.250 e. The number of hydrogen-bond donors (Lipinski definition) is 3. The number of nitrogens with zero attached hydrogens (tertiary/aromatic N) is 1. The summed E-state index contributed by atoms with van der Waals surface area (Å²) >= 11 is 17.1. The van der Waals surface area contributed by atoms with Crippen LogP contribution in [-0.2, 0) is 4.79 Å². The van der Waals surface area contributed by atoms with Crippen LogP contribution in [0.15, 0.2) is 87.7 Å². The van der Waals surface area contributed by atoms with Crippen LogP contribution in [0.1, 0.15) is 5.76 Å². The number of hydrogen-bond acceptors (Lipinski definition) is 6. The minimum Gasteiger partial charge on any atom is -0.507 e. The van der Waals surface area contributed by atoms with Gasteiger partial charge in [0, 0.05) is 33.4 Å². The molecule has 10 heteroatoms. The van der Waals surface area contributed by atoms with E-state index in [0.717, 1.165) is 5.56 Å². The molecule has 0 aliphatic heterocycles. The van der Waals surface area contributed by atoms with E-state index >= 15 is 0 Å². The number of carbonyl (C=O) groups excluding carboxylic acids is 1. The maximum atomic E-state index is 12.3. The molecule has 0 bridgehead atoms. The van der Waals surface area contributed by atoms with Gasteiger partial charge in [0.1, 0.15) is 22.8 Å². The predicted molar refractivity (Wildman–Crippen MR) is 149 cm³/mol. The highest BCUT2D eigenvalue weighted by Gasteiger charge is 2.14. The zero-order chi connectivity index (χ0) is 25.9. The molecule has 184 valence electrons. The molecule has 1 amide bonds. The largest absolute Gasteiger partial charge is 0.507 e. The van der Waals surface area contributed by atoms with Gasteiger partial charge in [-0.05, 0) is 85.0 Å². The summed E-state index contributed by atoms with van der Waals surface area (Å²) in [6.07, 6.45) is 2.84. The molecule has 3 N–H and O–H groups in total. The number of phenolic OH excluding ortho intramolecular Hbond substituents is 1. The van der Waals surface area contributed by atoms with Gasteiger partial charge >= 0.3 is 0 Å². The Bertz CT molecular complexity index is 1660. The van der Waals surface area contributed by atoms with E-state index < -0.39 is 5.91 Å². The molecule has 37 heavy (non-hydrogen) atoms. The summed E-state index contributed by atoms with van der Waals surface area (Å²) in [5, 5.41) is 17.1. The molecular weight excluding hydrogens is 533 g/mol. The normalized spacial score (nSPS) is 11.2. The number of anilines is 1. The fourth-order valence-corrected chi connectivity index (χ4v) is 4.00. The van der Waals surface area contributed by atoms with Crippen molar-refractivity contribution in [2.45, 2.75) is 0 Å². The molecule has 0 atom stereocenters. The number of phenols is 1. The highest BCUT2D eigenvalue weighted by molar-refractivity contribution is 7.80. The van der Waals surface area contributed by atoms with Crippen LogP contribution in [0.3, 0.4) is 0 Å². The Morgan fingerprint density at radius 1 is 0.946 bits per heavy atom. The molecular formula is C27H17Cl2N3O4S. The van der Waals surface area contributed by atoms with E-state index in [1.165, 1.54) is 18.2 Å². The first kappa shape index (κ1) is 24.6. The van der Waals surface area contributed by atoms with Gasteiger partial charge in [-0.15, -0.1) is 0 Å². The number of halogens is 2. The number of rotatable bonds is 5. The Morgan fingerprint density at radius 2 is 1.73 bits per heavy atom. The Morgan fingerprint density at radius 3 is 2.51 bits per heavy atom. The van der Waals surface area contributed by atoms with Crippen LogP contribution in [-0.4, -0.2) is 21.1 Å². The van der Waals surface area contributed by atoms with Gasteiger partial charge in [0.2, 0.25) is 11.8 Å². The third-order valence-corrected chi connectivity index (χ3v) is 5.92. The minimum absolute atomic E-state index is 0.0552. The van der Waals surface area contributed by atoms with Crippen molar-refractivity contribution in [1.29, 1.82) is 0 Å². The van der Waals surface area contributed by atoms with E-state index in [4.69, 9.17) is 44.3 Å². The third-order valence-electron chi connectivity index (χ3n) is 5.23. The number of fused-ring (bicyclic) bond motifs is 1. The number of aromatic nitrogens is 1. The summed E-state index contributed by atoms with van der Waals surface area (Å²) in [7, 11) is 0. The molecule has 0 saturated heterocycles. The summed E-state index contributed by atoms with van der Waals surface area (Å²) < 4.78 is 11.4. The summed E-state index contributed by atoms with van der Waals surface area (Å²) in [5.74, 6) is 0.873. The van der Waals surface area contributed by atoms with Crippen LogP contribution >= 0.6 is 35.4 Å². The summed E-state index contributed by atoms with van der Waals surface area (Å²) in [6.45, 7) is 0. The molecule has 2 aromatic heterocycles. The molecule has 0 aliphatic carbocycles. The first-order chi connectivity index (χ1) is 17.8. The van der Waals surface area contributed by atoms with E-state index in [2.05, 4.69) is 15.6 Å². The zero-order valence-corrected chi connectivity index (χ0v) is 21.2. The first-order valence-electron chi connectivity index (χ1n) is 10.9. The molecule has 3 aromatic carbocycles. The molecule has 0 aliphatic rings. The van der Waals surface area contributed by atoms with Gasteiger partial charge in [-0.2, -0.15) is 0 Å². The van der Waals surface area contributed by atoms with Crippen LogP contribution in [0.2, 0.25) is 10.0 Å². The predicted octanol–water partition coefficient (Wildman–Crippen LogP) is 7.29. The van der Waals surface area contributed by atoms with E-state index in [0.29, 0.717) is 43.9 Å². The van der Waals surface area contributed by atoms with E-state index in [-0.39, 0.29) is 16.8 Å². The van der Waals surface area contributed by atoms with Crippen LogP contribution < -0.4 is 10.6 Å². The number of benzene rings is 3. The number of carbonyl (C=O) groups is 1. The summed E-state index contributed by atoms with van der Waals surface area (Å²) in [4.78, 5) is 16.7. The minimum atomic E-state index is -0.451. The molecule has 2 heterocycles. The van der Waals surface area contributed by atoms with Crippen molar-refractivity contribution >= 4 is 69.3 Å². The van der Waals surface area contributed by atoms with Crippen LogP contribution in [0.5, 0.6) is 5.75 Å². The average Bonchev–Trinajstić information content (AvgIpc) is 3.50. The second kappa shape index (κ2) is 10.5. The number of aromatic hydroxyl groups is 1. The molecule has 0 unspecified atom stereocenters. The molecule has 0 spiro atoms. The van der Waals surface area contributed by atoms with Gasteiger partial charge in [0.15, 0.2) is 10.7 Å². The average molecular weight is 550 g/mol. The lowest BCUT2D eigenvalue weighted by atomic mass is 10.2. The second-order valence-corrected chi connectivity index (χ2v) is 9.13. The summed E-state index contributed by atoms with van der Waals surface area (Å²) in [6, 6.07) is 20.6. The lowest BCUT2D eigenvalue weighted by molar-refractivity contribution is -0.115. The Balaban J connectivity index is 1.19. The Hall–Kier alpha value is -4.11. The quantitative estimate of drug-likeness (QED) is 0.156. The summed E-state index contributed by atoms with van der Waals surface area (Å²) in [5.41, 5.74) is 2.86. The molecule has 0 radical (unpaired) electrons. The second-order valence-electron chi connectivity index (χ2n) is 7.85. The van der Waals surface area contributed by atoms with Crippen molar-refractivity contribution in [3.8, 4) is 28.5 Å². The number of amides is 1. The first-order valence-corrected chi connectivity index (χ1v) is 12.1. The Kier molecular flexibility index (Phi) is 6.96. The highest BCUT2D eigenvalue weighted by atomic mass is 35.5. The van der Waals surface area contributed by atoms with Gasteiger partial charge in [-0.3, -0.25) is 10.1 Å². The van der Waals surface area contributed by atoms with E-state index in [9.17, 15) is 9.90 Å². The third kappa shape index (κ3) is 5.83. The smallest absolute Gasteiger partial charge is 0.250 e. The molecule has 5 rings (SSSR count). The number of oxazole rings is 1. The van der Waals surface area contributed by atoms with Crippen molar-refractivity contribution in [2.75, 3.05) is 5.32 Å². The van der Waals surface area contributed by atoms with Crippen molar-refractivity contribution in [1.82, 2.24) is 10.3 Å². The zero-order valence-electron chi connectivity index (χ0n) is 18.9. The Labute approximate surface area is 226 Å². The highest BCUT2D eigenvalue weighted by Crippen LogP contribution is 2.33. The van der Waals surface area contributed by atoms with Gasteiger partial charge in [0.05, 0.1) is 5.56 Å². The van der Waals surface area contributed by atoms with Crippen LogP contribution in [0.25, 0.3) is 40.0 Å². The van der Waals surface area contributed by atoms with Crippen LogP contribution in [0, 0.1) is 0 Å². The van der Waals surface area contributed by atoms with Gasteiger partial charge < -0.3 is 19.3 Å². The molecule has 7 nitrogen and oxygen atoms in total. The van der Waals surface area contributed by atoms with Crippen LogP contribution in [0.4, 0.5) is 5.69 Å². The topological polar surface area (TPSA) is 101 Å². The number of furan rings is 1. The van der Waals surface area contributed by atoms with Crippen molar-refractivity contribution in [3.05, 3.63) is 94.7 Å². The van der Waals surface area contributed by atoms with Crippen molar-refractivity contribution in [3.63, 3.8) is 0 Å². The number of thiocarbonyl (C=S) groups is 1.